The van der Waals surface area contributed by atoms with Crippen LogP contribution in [-0.4, -0.2) is 12.2 Å². The maximum atomic E-state index is 12.7. The summed E-state index contributed by atoms with van der Waals surface area (Å²) in [6.07, 6.45) is 0. The predicted molar refractivity (Wildman–Crippen MR) is 41.9 cm³/mol. The van der Waals surface area contributed by atoms with E-state index in [0.717, 1.165) is 5.69 Å². The van der Waals surface area contributed by atoms with E-state index in [9.17, 15) is 4.39 Å². The van der Waals surface area contributed by atoms with Gasteiger partial charge in [0.05, 0.1) is 6.61 Å². The molecule has 0 saturated heterocycles. The summed E-state index contributed by atoms with van der Waals surface area (Å²) in [6, 6.07) is 4.53. The maximum absolute atomic E-state index is 12.7. The summed E-state index contributed by atoms with van der Waals surface area (Å²) in [5.41, 5.74) is 1.12. The van der Waals surface area contributed by atoms with Gasteiger partial charge in [-0.25, -0.2) is 4.39 Å². The fourth-order valence-electron chi connectivity index (χ4n) is 0.851. The smallest absolute Gasteiger partial charge is 0.128 e. The highest BCUT2D eigenvalue weighted by atomic mass is 19.1. The van der Waals surface area contributed by atoms with Crippen molar-refractivity contribution in [3.8, 4) is 0 Å². The lowest BCUT2D eigenvalue weighted by molar-refractivity contribution is 0.276. The highest BCUT2D eigenvalue weighted by Gasteiger charge is 1.99. The molecule has 0 fully saturated rings. The molecule has 0 unspecified atom stereocenters. The summed E-state index contributed by atoms with van der Waals surface area (Å²) >= 11 is 0. The van der Waals surface area contributed by atoms with Crippen molar-refractivity contribution < 1.29 is 9.50 Å². The summed E-state index contributed by atoms with van der Waals surface area (Å²) in [5.74, 6) is -0.369. The first-order valence-corrected chi connectivity index (χ1v) is 3.35. The van der Waals surface area contributed by atoms with Crippen LogP contribution in [0.3, 0.4) is 0 Å². The Bertz CT molecular complexity index is 250. The Kier molecular flexibility index (Phi) is 2.44. The fourth-order valence-corrected chi connectivity index (χ4v) is 0.851. The molecule has 11 heavy (non-hydrogen) atoms. The van der Waals surface area contributed by atoms with Crippen LogP contribution in [0.4, 0.5) is 10.1 Å². The van der Waals surface area contributed by atoms with Gasteiger partial charge in [0.15, 0.2) is 0 Å². The molecule has 0 aliphatic heterocycles. The summed E-state index contributed by atoms with van der Waals surface area (Å²) in [4.78, 5) is 0. The lowest BCUT2D eigenvalue weighted by Gasteiger charge is -2.02. The van der Waals surface area contributed by atoms with E-state index in [-0.39, 0.29) is 12.4 Å². The Balaban J connectivity index is 3.02. The SMILES string of the molecule is CNc1ccc(F)c(CO)c1. The Morgan fingerprint density at radius 1 is 1.55 bits per heavy atom. The average molecular weight is 155 g/mol. The zero-order valence-corrected chi connectivity index (χ0v) is 6.26. The van der Waals surface area contributed by atoms with E-state index >= 15 is 0 Å². The first-order chi connectivity index (χ1) is 5.27. The molecule has 0 saturated carbocycles. The summed E-state index contributed by atoms with van der Waals surface area (Å²) in [6.45, 7) is -0.263. The molecule has 3 heteroatoms. The number of anilines is 1. The van der Waals surface area contributed by atoms with Gasteiger partial charge in [0.25, 0.3) is 0 Å². The largest absolute Gasteiger partial charge is 0.392 e. The van der Waals surface area contributed by atoms with Crippen molar-refractivity contribution in [3.63, 3.8) is 0 Å². The van der Waals surface area contributed by atoms with Gasteiger partial charge in [-0.3, -0.25) is 0 Å². The second-order valence-corrected chi connectivity index (χ2v) is 2.21. The van der Waals surface area contributed by atoms with Crippen molar-refractivity contribution in [3.05, 3.63) is 29.6 Å². The molecular weight excluding hydrogens is 145 g/mol. The van der Waals surface area contributed by atoms with Crippen LogP contribution in [0.15, 0.2) is 18.2 Å². The van der Waals surface area contributed by atoms with Gasteiger partial charge in [-0.1, -0.05) is 0 Å². The van der Waals surface area contributed by atoms with E-state index in [1.807, 2.05) is 0 Å². The van der Waals surface area contributed by atoms with Crippen LogP contribution in [0, 0.1) is 5.82 Å². The Labute approximate surface area is 64.7 Å². The van der Waals surface area contributed by atoms with E-state index in [2.05, 4.69) is 5.32 Å². The predicted octanol–water partition coefficient (Wildman–Crippen LogP) is 1.36. The fraction of sp³-hybridized carbons (Fsp3) is 0.250. The van der Waals surface area contributed by atoms with Gasteiger partial charge in [-0.05, 0) is 18.2 Å². The van der Waals surface area contributed by atoms with Gasteiger partial charge < -0.3 is 10.4 Å². The highest BCUT2D eigenvalue weighted by Crippen LogP contribution is 2.13. The number of aliphatic hydroxyl groups excluding tert-OH is 1. The van der Waals surface area contributed by atoms with Gasteiger partial charge in [0.2, 0.25) is 0 Å². The monoisotopic (exact) mass is 155 g/mol. The molecule has 0 aliphatic rings. The number of halogens is 1. The first-order valence-electron chi connectivity index (χ1n) is 3.35. The molecule has 0 spiro atoms. The summed E-state index contributed by atoms with van der Waals surface area (Å²) in [5, 5.41) is 11.5. The minimum atomic E-state index is -0.369. The average Bonchev–Trinajstić information content (AvgIpc) is 2.05. The van der Waals surface area contributed by atoms with E-state index in [4.69, 9.17) is 5.11 Å². The molecular formula is C8H10FNO. The van der Waals surface area contributed by atoms with E-state index in [0.29, 0.717) is 5.56 Å². The number of hydrogen-bond acceptors (Lipinski definition) is 2. The molecule has 0 amide bonds. The molecule has 0 aliphatic carbocycles. The second-order valence-electron chi connectivity index (χ2n) is 2.21. The molecule has 2 nitrogen and oxygen atoms in total. The molecule has 60 valence electrons. The van der Waals surface area contributed by atoms with Gasteiger partial charge in [-0.2, -0.15) is 0 Å². The Hall–Kier alpha value is -1.09. The van der Waals surface area contributed by atoms with Gasteiger partial charge in [-0.15, -0.1) is 0 Å². The van der Waals surface area contributed by atoms with Gasteiger partial charge >= 0.3 is 0 Å². The Morgan fingerprint density at radius 2 is 2.27 bits per heavy atom. The maximum Gasteiger partial charge on any atom is 0.128 e. The number of aliphatic hydroxyl groups is 1. The van der Waals surface area contributed by atoms with Crippen molar-refractivity contribution >= 4 is 5.69 Å². The van der Waals surface area contributed by atoms with Crippen molar-refractivity contribution in [1.82, 2.24) is 0 Å². The van der Waals surface area contributed by atoms with Crippen molar-refractivity contribution in [1.29, 1.82) is 0 Å². The van der Waals surface area contributed by atoms with Crippen LogP contribution < -0.4 is 5.32 Å². The normalized spacial score (nSPS) is 9.73. The third kappa shape index (κ3) is 1.68. The minimum absolute atomic E-state index is 0.263. The molecule has 0 bridgehead atoms. The Morgan fingerprint density at radius 3 is 2.82 bits per heavy atom. The molecule has 0 atom stereocenters. The first kappa shape index (κ1) is 8.01. The number of nitrogens with one attached hydrogen (secondary N) is 1. The molecule has 1 aromatic carbocycles. The van der Waals surface area contributed by atoms with Crippen LogP contribution in [0.25, 0.3) is 0 Å². The van der Waals surface area contributed by atoms with Gasteiger partial charge in [0.1, 0.15) is 5.82 Å². The van der Waals surface area contributed by atoms with Crippen LogP contribution in [-0.2, 0) is 6.61 Å². The second kappa shape index (κ2) is 3.34. The third-order valence-corrected chi connectivity index (χ3v) is 1.50. The van der Waals surface area contributed by atoms with Crippen molar-refractivity contribution in [2.75, 3.05) is 12.4 Å². The standard InChI is InChI=1S/C8H10FNO/c1-10-7-2-3-8(9)6(4-7)5-11/h2-4,10-11H,5H2,1H3. The highest BCUT2D eigenvalue weighted by molar-refractivity contribution is 5.45. The van der Waals surface area contributed by atoms with Crippen LogP contribution in [0.1, 0.15) is 5.56 Å². The molecule has 0 aromatic heterocycles. The summed E-state index contributed by atoms with van der Waals surface area (Å²) in [7, 11) is 1.74. The molecule has 2 N–H and O–H groups in total. The molecule has 1 rings (SSSR count). The number of hydrogen-bond donors (Lipinski definition) is 2. The zero-order chi connectivity index (χ0) is 8.27. The van der Waals surface area contributed by atoms with Crippen molar-refractivity contribution in [2.45, 2.75) is 6.61 Å². The topological polar surface area (TPSA) is 32.3 Å². The van der Waals surface area contributed by atoms with E-state index in [1.165, 1.54) is 6.07 Å². The quantitative estimate of drug-likeness (QED) is 0.675. The van der Waals surface area contributed by atoms with Crippen LogP contribution >= 0.6 is 0 Å². The molecule has 0 radical (unpaired) electrons. The number of benzene rings is 1. The molecule has 0 heterocycles. The van der Waals surface area contributed by atoms with Crippen molar-refractivity contribution in [2.24, 2.45) is 0 Å². The lowest BCUT2D eigenvalue weighted by atomic mass is 10.2. The van der Waals surface area contributed by atoms with E-state index < -0.39 is 0 Å². The van der Waals surface area contributed by atoms with Gasteiger partial charge in [0, 0.05) is 18.3 Å². The number of rotatable bonds is 2. The molecule has 1 aromatic rings. The van der Waals surface area contributed by atoms with Crippen LogP contribution in [0.5, 0.6) is 0 Å². The minimum Gasteiger partial charge on any atom is -0.392 e. The third-order valence-electron chi connectivity index (χ3n) is 1.50. The zero-order valence-electron chi connectivity index (χ0n) is 6.26. The van der Waals surface area contributed by atoms with E-state index in [1.54, 1.807) is 19.2 Å². The summed E-state index contributed by atoms with van der Waals surface area (Å²) < 4.78 is 12.7. The lowest BCUT2D eigenvalue weighted by Crippen LogP contribution is -1.93. The van der Waals surface area contributed by atoms with Crippen LogP contribution in [0.2, 0.25) is 0 Å².